The van der Waals surface area contributed by atoms with Gasteiger partial charge in [0.1, 0.15) is 6.61 Å². The fraction of sp³-hybridized carbons (Fsp3) is 0.429. The first-order valence-electron chi connectivity index (χ1n) is 6.62. The van der Waals surface area contributed by atoms with Gasteiger partial charge in [-0.2, -0.15) is 0 Å². The molecule has 0 radical (unpaired) electrons. The molecule has 0 saturated heterocycles. The molecule has 0 heterocycles. The lowest BCUT2D eigenvalue weighted by Crippen LogP contribution is -2.29. The fourth-order valence-electron chi connectivity index (χ4n) is 1.60. The van der Waals surface area contributed by atoms with E-state index in [0.29, 0.717) is 12.1 Å². The smallest absolute Gasteiger partial charge is 0.253 e. The maximum atomic E-state index is 12.0. The summed E-state index contributed by atoms with van der Waals surface area (Å²) >= 11 is 0. The highest BCUT2D eigenvalue weighted by molar-refractivity contribution is 5.99. The molecule has 1 aromatic carbocycles. The molecule has 6 nitrogen and oxygen atoms in total. The molecular formula is C14H21N3O3. The molecule has 0 bridgehead atoms. The number of ether oxygens (including phenoxy) is 1. The van der Waals surface area contributed by atoms with E-state index >= 15 is 0 Å². The van der Waals surface area contributed by atoms with E-state index in [0.717, 1.165) is 18.7 Å². The first-order valence-corrected chi connectivity index (χ1v) is 6.62. The number of nitrogens with two attached hydrogens (primary N) is 1. The Morgan fingerprint density at radius 3 is 2.70 bits per heavy atom. The minimum absolute atomic E-state index is 0.134. The largest absolute Gasteiger partial charge is 0.384 e. The summed E-state index contributed by atoms with van der Waals surface area (Å²) in [6, 6.07) is 7.33. The highest BCUT2D eigenvalue weighted by Gasteiger charge is 2.09. The van der Waals surface area contributed by atoms with E-state index in [1.54, 1.807) is 6.07 Å². The van der Waals surface area contributed by atoms with Gasteiger partial charge in [0.25, 0.3) is 5.91 Å². The summed E-state index contributed by atoms with van der Waals surface area (Å²) in [6.07, 6.45) is 0.983. The Bertz CT molecular complexity index is 449. The normalized spacial score (nSPS) is 10.1. The Hall–Kier alpha value is -2.08. The van der Waals surface area contributed by atoms with Crippen LogP contribution in [0, 0.1) is 0 Å². The minimum atomic E-state index is -0.523. The predicted octanol–water partition coefficient (Wildman–Crippen LogP) is 0.740. The summed E-state index contributed by atoms with van der Waals surface area (Å²) in [4.78, 5) is 22.5. The molecule has 4 N–H and O–H groups in total. The third kappa shape index (κ3) is 5.71. The highest BCUT2D eigenvalue weighted by atomic mass is 16.5. The minimum Gasteiger partial charge on any atom is -0.384 e. The number of carbonyl (C=O) groups excluding carboxylic acids is 2. The maximum absolute atomic E-state index is 12.0. The topological polar surface area (TPSA) is 93.4 Å². The SMILES string of the molecule is CCCNc1ccccc1C(=O)NCCOCC(N)=O. The van der Waals surface area contributed by atoms with Crippen LogP contribution in [0.4, 0.5) is 5.69 Å². The number of hydrogen-bond acceptors (Lipinski definition) is 4. The van der Waals surface area contributed by atoms with Gasteiger partial charge >= 0.3 is 0 Å². The lowest BCUT2D eigenvalue weighted by atomic mass is 10.1. The van der Waals surface area contributed by atoms with E-state index in [-0.39, 0.29) is 19.1 Å². The first kappa shape index (κ1) is 16.0. The van der Waals surface area contributed by atoms with Crippen LogP contribution in [0.15, 0.2) is 24.3 Å². The number of anilines is 1. The Morgan fingerprint density at radius 2 is 2.00 bits per heavy atom. The first-order chi connectivity index (χ1) is 9.65. The van der Waals surface area contributed by atoms with Gasteiger partial charge in [0.2, 0.25) is 5.91 Å². The van der Waals surface area contributed by atoms with Gasteiger partial charge in [-0.15, -0.1) is 0 Å². The standard InChI is InChI=1S/C14H21N3O3/c1-2-7-16-12-6-4-3-5-11(12)14(19)17-8-9-20-10-13(15)18/h3-6,16H,2,7-10H2,1H3,(H2,15,18)(H,17,19). The molecule has 0 aromatic heterocycles. The lowest BCUT2D eigenvalue weighted by molar-refractivity contribution is -0.122. The molecule has 0 atom stereocenters. The summed E-state index contributed by atoms with van der Waals surface area (Å²) in [5.74, 6) is -0.697. The molecule has 0 spiro atoms. The van der Waals surface area contributed by atoms with Gasteiger partial charge in [-0.05, 0) is 18.6 Å². The van der Waals surface area contributed by atoms with E-state index < -0.39 is 5.91 Å². The molecule has 0 unspecified atom stereocenters. The predicted molar refractivity (Wildman–Crippen MR) is 77.6 cm³/mol. The quantitative estimate of drug-likeness (QED) is 0.581. The number of para-hydroxylation sites is 1. The van der Waals surface area contributed by atoms with Crippen LogP contribution in [0.25, 0.3) is 0 Å². The van der Waals surface area contributed by atoms with Crippen LogP contribution in [-0.4, -0.2) is 38.1 Å². The number of hydrogen-bond donors (Lipinski definition) is 3. The van der Waals surface area contributed by atoms with E-state index in [1.807, 2.05) is 18.2 Å². The van der Waals surface area contributed by atoms with Crippen LogP contribution in [0.1, 0.15) is 23.7 Å². The third-order valence-corrected chi connectivity index (χ3v) is 2.51. The van der Waals surface area contributed by atoms with Gasteiger partial charge in [-0.3, -0.25) is 9.59 Å². The van der Waals surface area contributed by atoms with Crippen LogP contribution < -0.4 is 16.4 Å². The number of carbonyl (C=O) groups is 2. The Labute approximate surface area is 118 Å². The van der Waals surface area contributed by atoms with Crippen LogP contribution in [0.3, 0.4) is 0 Å². The molecule has 0 aliphatic rings. The molecule has 20 heavy (non-hydrogen) atoms. The van der Waals surface area contributed by atoms with Crippen molar-refractivity contribution in [3.8, 4) is 0 Å². The monoisotopic (exact) mass is 279 g/mol. The van der Waals surface area contributed by atoms with Crippen molar-refractivity contribution in [1.82, 2.24) is 5.32 Å². The zero-order valence-electron chi connectivity index (χ0n) is 11.6. The average Bonchev–Trinajstić information content (AvgIpc) is 2.44. The number of benzene rings is 1. The van der Waals surface area contributed by atoms with Crippen LogP contribution in [0.2, 0.25) is 0 Å². The van der Waals surface area contributed by atoms with Crippen molar-refractivity contribution >= 4 is 17.5 Å². The summed E-state index contributed by atoms with van der Waals surface area (Å²) in [6.45, 7) is 3.32. The van der Waals surface area contributed by atoms with E-state index in [4.69, 9.17) is 10.5 Å². The van der Waals surface area contributed by atoms with Gasteiger partial charge in [-0.25, -0.2) is 0 Å². The zero-order chi connectivity index (χ0) is 14.8. The average molecular weight is 279 g/mol. The van der Waals surface area contributed by atoms with E-state index in [9.17, 15) is 9.59 Å². The highest BCUT2D eigenvalue weighted by Crippen LogP contribution is 2.14. The maximum Gasteiger partial charge on any atom is 0.253 e. The Morgan fingerprint density at radius 1 is 1.25 bits per heavy atom. The number of amides is 2. The Kier molecular flexibility index (Phi) is 7.13. The molecule has 0 aliphatic carbocycles. The summed E-state index contributed by atoms with van der Waals surface area (Å²) in [5, 5.41) is 5.94. The van der Waals surface area contributed by atoms with Crippen molar-refractivity contribution in [3.63, 3.8) is 0 Å². The van der Waals surface area contributed by atoms with Crippen molar-refractivity contribution < 1.29 is 14.3 Å². The summed E-state index contributed by atoms with van der Waals surface area (Å²) in [5.41, 5.74) is 6.34. The third-order valence-electron chi connectivity index (χ3n) is 2.51. The molecule has 0 saturated carbocycles. The van der Waals surface area contributed by atoms with Gasteiger partial charge < -0.3 is 21.1 Å². The van der Waals surface area contributed by atoms with E-state index in [1.165, 1.54) is 0 Å². The lowest BCUT2D eigenvalue weighted by Gasteiger charge is -2.11. The summed E-state index contributed by atoms with van der Waals surface area (Å²) in [7, 11) is 0. The molecule has 110 valence electrons. The zero-order valence-corrected chi connectivity index (χ0v) is 11.6. The van der Waals surface area contributed by atoms with Gasteiger partial charge in [0.15, 0.2) is 0 Å². The second kappa shape index (κ2) is 8.92. The molecule has 0 fully saturated rings. The molecule has 6 heteroatoms. The van der Waals surface area contributed by atoms with Crippen molar-refractivity contribution in [2.45, 2.75) is 13.3 Å². The van der Waals surface area contributed by atoms with Crippen molar-refractivity contribution in [1.29, 1.82) is 0 Å². The van der Waals surface area contributed by atoms with Gasteiger partial charge in [0.05, 0.1) is 12.2 Å². The second-order valence-electron chi connectivity index (χ2n) is 4.25. The molecule has 1 rings (SSSR count). The van der Waals surface area contributed by atoms with Crippen molar-refractivity contribution in [2.24, 2.45) is 5.73 Å². The molecule has 2 amide bonds. The molecule has 0 aliphatic heterocycles. The number of primary amides is 1. The van der Waals surface area contributed by atoms with E-state index in [2.05, 4.69) is 17.6 Å². The molecule has 1 aromatic rings. The van der Waals surface area contributed by atoms with Crippen LogP contribution >= 0.6 is 0 Å². The second-order valence-corrected chi connectivity index (χ2v) is 4.25. The van der Waals surface area contributed by atoms with Gasteiger partial charge in [0, 0.05) is 18.8 Å². The van der Waals surface area contributed by atoms with Crippen molar-refractivity contribution in [3.05, 3.63) is 29.8 Å². The summed E-state index contributed by atoms with van der Waals surface area (Å²) < 4.78 is 4.97. The fourth-order valence-corrected chi connectivity index (χ4v) is 1.60. The van der Waals surface area contributed by atoms with Crippen molar-refractivity contribution in [2.75, 3.05) is 31.6 Å². The van der Waals surface area contributed by atoms with Crippen LogP contribution in [0.5, 0.6) is 0 Å². The molecular weight excluding hydrogens is 258 g/mol. The number of nitrogens with one attached hydrogen (secondary N) is 2. The van der Waals surface area contributed by atoms with Crippen LogP contribution in [-0.2, 0) is 9.53 Å². The number of rotatable bonds is 9. The Balaban J connectivity index is 2.44. The van der Waals surface area contributed by atoms with Gasteiger partial charge in [-0.1, -0.05) is 19.1 Å².